The normalized spacial score (nSPS) is 20.3. The molecule has 0 bridgehead atoms. The minimum Gasteiger partial charge on any atom is -0.393 e. The summed E-state index contributed by atoms with van der Waals surface area (Å²) in [6, 6.07) is 17.6. The molecular weight excluding hydrogens is 334 g/mol. The van der Waals surface area contributed by atoms with Crippen molar-refractivity contribution in [3.63, 3.8) is 0 Å². The molecule has 1 aliphatic rings. The molecule has 0 aliphatic heterocycles. The van der Waals surface area contributed by atoms with Gasteiger partial charge in [-0.1, -0.05) is 48.0 Å². The first kappa shape index (κ1) is 19.4. The molecule has 1 fully saturated rings. The summed E-state index contributed by atoms with van der Waals surface area (Å²) in [6.45, 7) is 5.69. The summed E-state index contributed by atoms with van der Waals surface area (Å²) in [5.41, 5.74) is 4.94. The van der Waals surface area contributed by atoms with Crippen molar-refractivity contribution in [1.29, 1.82) is 0 Å². The van der Waals surface area contributed by atoms with Crippen molar-refractivity contribution in [3.8, 4) is 11.1 Å². The van der Waals surface area contributed by atoms with Crippen molar-refractivity contribution in [2.24, 2.45) is 4.99 Å². The first-order chi connectivity index (χ1) is 13.1. The molecule has 27 heavy (non-hydrogen) atoms. The summed E-state index contributed by atoms with van der Waals surface area (Å²) >= 11 is 0. The lowest BCUT2D eigenvalue weighted by Gasteiger charge is -2.27. The highest BCUT2D eigenvalue weighted by molar-refractivity contribution is 5.80. The summed E-state index contributed by atoms with van der Waals surface area (Å²) in [4.78, 5) is 4.78. The molecule has 1 aliphatic carbocycles. The number of guanidine groups is 1. The van der Waals surface area contributed by atoms with Crippen LogP contribution in [0.25, 0.3) is 11.1 Å². The number of aliphatic imine (C=N–C) groups is 1. The Bertz CT molecular complexity index is 764. The van der Waals surface area contributed by atoms with Gasteiger partial charge < -0.3 is 15.7 Å². The maximum atomic E-state index is 9.68. The van der Waals surface area contributed by atoms with Gasteiger partial charge in [-0.25, -0.2) is 4.99 Å². The minimum atomic E-state index is -0.132. The lowest BCUT2D eigenvalue weighted by atomic mass is 9.93. The molecule has 0 atom stereocenters. The molecule has 4 heteroatoms. The van der Waals surface area contributed by atoms with E-state index in [0.717, 1.165) is 38.2 Å². The number of nitrogens with zero attached hydrogens (tertiary/aromatic N) is 1. The van der Waals surface area contributed by atoms with Gasteiger partial charge in [0.15, 0.2) is 5.96 Å². The third kappa shape index (κ3) is 5.83. The van der Waals surface area contributed by atoms with E-state index in [2.05, 4.69) is 73.0 Å². The lowest BCUT2D eigenvalue weighted by Crippen LogP contribution is -2.45. The average molecular weight is 366 g/mol. The molecule has 0 heterocycles. The highest BCUT2D eigenvalue weighted by Gasteiger charge is 2.19. The molecule has 2 aromatic carbocycles. The highest BCUT2D eigenvalue weighted by atomic mass is 16.3. The molecule has 0 amide bonds. The van der Waals surface area contributed by atoms with Gasteiger partial charge in [-0.2, -0.15) is 0 Å². The van der Waals surface area contributed by atoms with Crippen molar-refractivity contribution in [2.75, 3.05) is 6.54 Å². The molecular formula is C23H31N3O. The van der Waals surface area contributed by atoms with Gasteiger partial charge in [0.2, 0.25) is 0 Å². The van der Waals surface area contributed by atoms with E-state index in [4.69, 9.17) is 4.99 Å². The van der Waals surface area contributed by atoms with Crippen LogP contribution in [-0.2, 0) is 6.54 Å². The maximum absolute atomic E-state index is 9.68. The predicted octanol–water partition coefficient (Wildman–Crippen LogP) is 4.02. The molecule has 0 unspecified atom stereocenters. The van der Waals surface area contributed by atoms with Crippen LogP contribution in [0.4, 0.5) is 0 Å². The Morgan fingerprint density at radius 1 is 1.04 bits per heavy atom. The zero-order valence-corrected chi connectivity index (χ0v) is 16.4. The topological polar surface area (TPSA) is 56.7 Å². The quantitative estimate of drug-likeness (QED) is 0.554. The Labute approximate surface area is 162 Å². The van der Waals surface area contributed by atoms with Gasteiger partial charge in [0.25, 0.3) is 0 Å². The summed E-state index contributed by atoms with van der Waals surface area (Å²) in [6.07, 6.45) is 3.60. The van der Waals surface area contributed by atoms with Crippen molar-refractivity contribution >= 4 is 5.96 Å². The molecule has 144 valence electrons. The second-order valence-electron chi connectivity index (χ2n) is 7.41. The predicted molar refractivity (Wildman–Crippen MR) is 113 cm³/mol. The number of rotatable bonds is 5. The third-order valence-electron chi connectivity index (χ3n) is 5.08. The molecule has 1 saturated carbocycles. The SMILES string of the molecule is CCNC(=NCc1cccc(-c2cccc(C)c2)c1)NC1CCC(O)CC1. The van der Waals surface area contributed by atoms with Crippen LogP contribution in [0.1, 0.15) is 43.7 Å². The van der Waals surface area contributed by atoms with Crippen LogP contribution in [0.2, 0.25) is 0 Å². The number of hydrogen-bond acceptors (Lipinski definition) is 2. The molecule has 0 aromatic heterocycles. The zero-order chi connectivity index (χ0) is 19.1. The molecule has 3 rings (SSSR count). The Morgan fingerprint density at radius 3 is 2.44 bits per heavy atom. The minimum absolute atomic E-state index is 0.132. The zero-order valence-electron chi connectivity index (χ0n) is 16.4. The van der Waals surface area contributed by atoms with Gasteiger partial charge in [-0.3, -0.25) is 0 Å². The standard InChI is InChI=1S/C23H31N3O/c1-3-24-23(26-21-10-12-22(27)13-11-21)25-16-18-7-5-9-20(15-18)19-8-4-6-17(2)14-19/h4-9,14-15,21-22,27H,3,10-13,16H2,1-2H3,(H2,24,25,26). The van der Waals surface area contributed by atoms with E-state index in [-0.39, 0.29) is 6.10 Å². The van der Waals surface area contributed by atoms with E-state index < -0.39 is 0 Å². The molecule has 0 saturated heterocycles. The van der Waals surface area contributed by atoms with Crippen LogP contribution in [0.3, 0.4) is 0 Å². The van der Waals surface area contributed by atoms with Crippen LogP contribution < -0.4 is 10.6 Å². The fourth-order valence-electron chi connectivity index (χ4n) is 3.58. The van der Waals surface area contributed by atoms with E-state index in [9.17, 15) is 5.11 Å². The maximum Gasteiger partial charge on any atom is 0.191 e. The number of aryl methyl sites for hydroxylation is 1. The second-order valence-corrected chi connectivity index (χ2v) is 7.41. The van der Waals surface area contributed by atoms with Gasteiger partial charge in [0, 0.05) is 12.6 Å². The lowest BCUT2D eigenvalue weighted by molar-refractivity contribution is 0.120. The molecule has 0 spiro atoms. The van der Waals surface area contributed by atoms with Gasteiger partial charge >= 0.3 is 0 Å². The van der Waals surface area contributed by atoms with E-state index in [0.29, 0.717) is 12.6 Å². The van der Waals surface area contributed by atoms with Crippen molar-refractivity contribution in [1.82, 2.24) is 10.6 Å². The third-order valence-corrected chi connectivity index (χ3v) is 5.08. The van der Waals surface area contributed by atoms with E-state index in [1.807, 2.05) is 0 Å². The van der Waals surface area contributed by atoms with Crippen LogP contribution in [0.15, 0.2) is 53.5 Å². The van der Waals surface area contributed by atoms with Crippen LogP contribution in [0, 0.1) is 6.92 Å². The molecule has 0 radical (unpaired) electrons. The number of nitrogens with one attached hydrogen (secondary N) is 2. The van der Waals surface area contributed by atoms with E-state index >= 15 is 0 Å². The highest BCUT2D eigenvalue weighted by Crippen LogP contribution is 2.22. The first-order valence-electron chi connectivity index (χ1n) is 10.0. The monoisotopic (exact) mass is 365 g/mol. The Morgan fingerprint density at radius 2 is 1.74 bits per heavy atom. The number of hydrogen-bond donors (Lipinski definition) is 3. The molecule has 3 N–H and O–H groups in total. The Kier molecular flexibility index (Phi) is 6.88. The summed E-state index contributed by atoms with van der Waals surface area (Å²) < 4.78 is 0. The summed E-state index contributed by atoms with van der Waals surface area (Å²) in [5.74, 6) is 0.861. The first-order valence-corrected chi connectivity index (χ1v) is 10.0. The Hall–Kier alpha value is -2.33. The molecule has 4 nitrogen and oxygen atoms in total. The fourth-order valence-corrected chi connectivity index (χ4v) is 3.58. The van der Waals surface area contributed by atoms with Crippen LogP contribution in [-0.4, -0.2) is 29.8 Å². The van der Waals surface area contributed by atoms with Crippen molar-refractivity contribution in [2.45, 2.75) is 58.2 Å². The number of aliphatic hydroxyl groups is 1. The van der Waals surface area contributed by atoms with Gasteiger partial charge in [0.05, 0.1) is 12.6 Å². The fraction of sp³-hybridized carbons (Fsp3) is 0.435. The van der Waals surface area contributed by atoms with Crippen molar-refractivity contribution < 1.29 is 5.11 Å². The van der Waals surface area contributed by atoms with Crippen LogP contribution >= 0.6 is 0 Å². The second kappa shape index (κ2) is 9.56. The van der Waals surface area contributed by atoms with Crippen molar-refractivity contribution in [3.05, 3.63) is 59.7 Å². The van der Waals surface area contributed by atoms with Gasteiger partial charge in [-0.15, -0.1) is 0 Å². The molecule has 2 aromatic rings. The van der Waals surface area contributed by atoms with E-state index in [1.54, 1.807) is 0 Å². The van der Waals surface area contributed by atoms with Gasteiger partial charge in [0.1, 0.15) is 0 Å². The number of aliphatic hydroxyl groups excluding tert-OH is 1. The summed E-state index contributed by atoms with van der Waals surface area (Å²) in [5, 5.41) is 16.6. The number of benzene rings is 2. The average Bonchev–Trinajstić information content (AvgIpc) is 2.68. The van der Waals surface area contributed by atoms with Gasteiger partial charge in [-0.05, 0) is 62.3 Å². The smallest absolute Gasteiger partial charge is 0.191 e. The largest absolute Gasteiger partial charge is 0.393 e. The summed E-state index contributed by atoms with van der Waals surface area (Å²) in [7, 11) is 0. The van der Waals surface area contributed by atoms with E-state index in [1.165, 1.54) is 22.3 Å². The van der Waals surface area contributed by atoms with Crippen LogP contribution in [0.5, 0.6) is 0 Å². The Balaban J connectivity index is 1.67.